The minimum Gasteiger partial charge on any atom is -0.366 e. The molecule has 3 heterocycles. The van der Waals surface area contributed by atoms with E-state index in [9.17, 15) is 9.59 Å². The third kappa shape index (κ3) is 4.12. The van der Waals surface area contributed by atoms with Crippen LogP contribution in [0.3, 0.4) is 0 Å². The molecule has 29 heavy (non-hydrogen) atoms. The van der Waals surface area contributed by atoms with Crippen LogP contribution in [0, 0.1) is 11.8 Å². The van der Waals surface area contributed by atoms with Crippen molar-refractivity contribution in [3.8, 4) is 0 Å². The van der Waals surface area contributed by atoms with Crippen LogP contribution in [-0.2, 0) is 16.0 Å². The molecule has 2 aromatic rings. The molecule has 0 bridgehead atoms. The van der Waals surface area contributed by atoms with E-state index in [-0.39, 0.29) is 11.8 Å². The van der Waals surface area contributed by atoms with Crippen LogP contribution in [0.2, 0.25) is 5.02 Å². The van der Waals surface area contributed by atoms with E-state index < -0.39 is 0 Å². The van der Waals surface area contributed by atoms with Crippen LogP contribution >= 0.6 is 22.9 Å². The third-order valence-electron chi connectivity index (χ3n) is 5.63. The van der Waals surface area contributed by atoms with Gasteiger partial charge in [-0.15, -0.1) is 11.3 Å². The van der Waals surface area contributed by atoms with Crippen LogP contribution in [0.15, 0.2) is 47.5 Å². The Balaban J connectivity index is 1.62. The second-order valence-corrected chi connectivity index (χ2v) is 9.57. The Labute approximate surface area is 180 Å². The van der Waals surface area contributed by atoms with Crippen LogP contribution < -0.4 is 0 Å². The molecule has 1 saturated heterocycles. The lowest BCUT2D eigenvalue weighted by molar-refractivity contribution is -0.137. The second-order valence-electron chi connectivity index (χ2n) is 8.19. The van der Waals surface area contributed by atoms with Crippen molar-refractivity contribution < 1.29 is 9.59 Å². The van der Waals surface area contributed by atoms with Crippen LogP contribution in [0.4, 0.5) is 0 Å². The highest BCUT2D eigenvalue weighted by atomic mass is 35.5. The number of imide groups is 1. The van der Waals surface area contributed by atoms with Gasteiger partial charge in [-0.1, -0.05) is 43.6 Å². The molecule has 2 atom stereocenters. The number of likely N-dealkylation sites (tertiary alicyclic amines) is 1. The van der Waals surface area contributed by atoms with Crippen molar-refractivity contribution in [2.24, 2.45) is 11.8 Å². The van der Waals surface area contributed by atoms with Gasteiger partial charge in [0.2, 0.25) is 0 Å². The lowest BCUT2D eigenvalue weighted by Crippen LogP contribution is -2.42. The van der Waals surface area contributed by atoms with Crippen molar-refractivity contribution in [2.45, 2.75) is 26.7 Å². The molecule has 0 saturated carbocycles. The predicted octanol–water partition coefficient (Wildman–Crippen LogP) is 4.70. The van der Waals surface area contributed by atoms with Gasteiger partial charge in [-0.25, -0.2) is 0 Å². The molecule has 4 nitrogen and oxygen atoms in total. The van der Waals surface area contributed by atoms with Gasteiger partial charge in [0.25, 0.3) is 11.8 Å². The largest absolute Gasteiger partial charge is 0.366 e. The molecule has 0 aliphatic carbocycles. The molecule has 0 N–H and O–H groups in total. The molecule has 1 aromatic carbocycles. The van der Waals surface area contributed by atoms with E-state index in [2.05, 4.69) is 18.7 Å². The fraction of sp³-hybridized carbons (Fsp3) is 0.391. The SMILES string of the molecule is CC1CC(C)CN(C2=C(c3cccs3)C(=O)N(CCc3ccc(Cl)cc3)C2=O)C1. The van der Waals surface area contributed by atoms with E-state index in [0.29, 0.717) is 41.1 Å². The maximum absolute atomic E-state index is 13.4. The summed E-state index contributed by atoms with van der Waals surface area (Å²) in [6.45, 7) is 6.44. The van der Waals surface area contributed by atoms with Gasteiger partial charge < -0.3 is 4.90 Å². The molecule has 2 unspecified atom stereocenters. The Morgan fingerprint density at radius 2 is 1.72 bits per heavy atom. The Hall–Kier alpha value is -2.11. The quantitative estimate of drug-likeness (QED) is 0.648. The highest BCUT2D eigenvalue weighted by Crippen LogP contribution is 2.36. The molecular formula is C23H25ClN2O2S. The molecule has 2 amide bonds. The number of benzene rings is 1. The number of hydrogen-bond donors (Lipinski definition) is 0. The second kappa shape index (κ2) is 8.33. The zero-order chi connectivity index (χ0) is 20.5. The number of carbonyl (C=O) groups excluding carboxylic acids is 2. The van der Waals surface area contributed by atoms with Gasteiger partial charge in [-0.05, 0) is 53.8 Å². The maximum Gasteiger partial charge on any atom is 0.277 e. The molecule has 1 fully saturated rings. The lowest BCUT2D eigenvalue weighted by Gasteiger charge is -2.37. The summed E-state index contributed by atoms with van der Waals surface area (Å²) < 4.78 is 0. The minimum atomic E-state index is -0.174. The first-order valence-corrected chi connectivity index (χ1v) is 11.3. The summed E-state index contributed by atoms with van der Waals surface area (Å²) in [7, 11) is 0. The lowest BCUT2D eigenvalue weighted by atomic mass is 9.91. The van der Waals surface area contributed by atoms with Gasteiger partial charge >= 0.3 is 0 Å². The van der Waals surface area contributed by atoms with Gasteiger partial charge in [0.15, 0.2) is 0 Å². The van der Waals surface area contributed by atoms with Gasteiger partial charge in [0.1, 0.15) is 5.70 Å². The number of rotatable bonds is 5. The molecule has 0 radical (unpaired) electrons. The summed E-state index contributed by atoms with van der Waals surface area (Å²) in [5.41, 5.74) is 2.22. The number of amides is 2. The standard InChI is InChI=1S/C23H25ClN2O2S/c1-15-12-16(2)14-25(13-15)21-20(19-4-3-11-29-19)22(27)26(23(21)28)10-9-17-5-7-18(24)8-6-17/h3-8,11,15-16H,9-10,12-14H2,1-2H3. The molecule has 2 aliphatic rings. The van der Waals surface area contributed by atoms with E-state index in [4.69, 9.17) is 11.6 Å². The monoisotopic (exact) mass is 428 g/mol. The van der Waals surface area contributed by atoms with Gasteiger partial charge in [0.05, 0.1) is 5.57 Å². The number of nitrogens with zero attached hydrogens (tertiary/aromatic N) is 2. The van der Waals surface area contributed by atoms with E-state index in [1.54, 1.807) is 0 Å². The highest BCUT2D eigenvalue weighted by molar-refractivity contribution is 7.11. The summed E-state index contributed by atoms with van der Waals surface area (Å²) in [6, 6.07) is 11.4. The Bertz CT molecular complexity index is 926. The maximum atomic E-state index is 13.4. The summed E-state index contributed by atoms with van der Waals surface area (Å²) in [6.07, 6.45) is 1.77. The van der Waals surface area contributed by atoms with E-state index in [1.807, 2.05) is 41.8 Å². The average Bonchev–Trinajstić information content (AvgIpc) is 3.27. The van der Waals surface area contributed by atoms with Crippen molar-refractivity contribution in [2.75, 3.05) is 19.6 Å². The molecule has 4 rings (SSSR count). The van der Waals surface area contributed by atoms with E-state index in [1.165, 1.54) is 16.2 Å². The van der Waals surface area contributed by atoms with Crippen molar-refractivity contribution in [3.05, 3.63) is 62.9 Å². The fourth-order valence-corrected chi connectivity index (χ4v) is 5.33. The molecular weight excluding hydrogens is 404 g/mol. The molecule has 6 heteroatoms. The zero-order valence-corrected chi connectivity index (χ0v) is 18.3. The predicted molar refractivity (Wildman–Crippen MR) is 118 cm³/mol. The first-order valence-electron chi connectivity index (χ1n) is 10.1. The molecule has 152 valence electrons. The number of piperidine rings is 1. The third-order valence-corrected chi connectivity index (χ3v) is 6.77. The fourth-order valence-electron chi connectivity index (χ4n) is 4.44. The number of hydrogen-bond acceptors (Lipinski definition) is 4. The Kier molecular flexibility index (Phi) is 5.79. The van der Waals surface area contributed by atoms with Crippen LogP contribution in [0.25, 0.3) is 5.57 Å². The van der Waals surface area contributed by atoms with E-state index in [0.717, 1.165) is 30.0 Å². The first kappa shape index (κ1) is 20.2. The summed E-state index contributed by atoms with van der Waals surface area (Å²) in [5, 5.41) is 2.63. The first-order chi connectivity index (χ1) is 13.9. The Morgan fingerprint density at radius 3 is 2.34 bits per heavy atom. The van der Waals surface area contributed by atoms with Crippen molar-refractivity contribution in [3.63, 3.8) is 0 Å². The summed E-state index contributed by atoms with van der Waals surface area (Å²) in [5.74, 6) is 0.671. The number of halogens is 1. The average molecular weight is 429 g/mol. The highest BCUT2D eigenvalue weighted by Gasteiger charge is 2.42. The minimum absolute atomic E-state index is 0.159. The van der Waals surface area contributed by atoms with Crippen LogP contribution in [0.5, 0.6) is 0 Å². The van der Waals surface area contributed by atoms with Crippen molar-refractivity contribution in [1.82, 2.24) is 9.80 Å². The topological polar surface area (TPSA) is 40.6 Å². The summed E-state index contributed by atoms with van der Waals surface area (Å²) in [4.78, 5) is 31.2. The van der Waals surface area contributed by atoms with Crippen LogP contribution in [-0.4, -0.2) is 41.2 Å². The van der Waals surface area contributed by atoms with Gasteiger partial charge in [-0.2, -0.15) is 0 Å². The Morgan fingerprint density at radius 1 is 1.03 bits per heavy atom. The number of thiophene rings is 1. The van der Waals surface area contributed by atoms with Gasteiger partial charge in [0, 0.05) is 29.5 Å². The van der Waals surface area contributed by atoms with Crippen molar-refractivity contribution in [1.29, 1.82) is 0 Å². The van der Waals surface area contributed by atoms with Crippen molar-refractivity contribution >= 4 is 40.3 Å². The molecule has 1 aromatic heterocycles. The zero-order valence-electron chi connectivity index (χ0n) is 16.7. The normalized spacial score (nSPS) is 22.7. The number of carbonyl (C=O) groups is 2. The van der Waals surface area contributed by atoms with E-state index >= 15 is 0 Å². The van der Waals surface area contributed by atoms with Crippen LogP contribution in [0.1, 0.15) is 30.7 Å². The molecule has 2 aliphatic heterocycles. The van der Waals surface area contributed by atoms with Gasteiger partial charge in [-0.3, -0.25) is 14.5 Å². The summed E-state index contributed by atoms with van der Waals surface area (Å²) >= 11 is 7.47. The smallest absolute Gasteiger partial charge is 0.277 e. The molecule has 0 spiro atoms.